The Morgan fingerprint density at radius 3 is 3.08 bits per heavy atom. The molecule has 0 spiro atoms. The van der Waals surface area contributed by atoms with Crippen molar-refractivity contribution in [3.8, 4) is 0 Å². The molecule has 2 aliphatic rings. The van der Waals surface area contributed by atoms with Gasteiger partial charge in [0.1, 0.15) is 5.82 Å². The third kappa shape index (κ3) is 2.30. The van der Waals surface area contributed by atoms with Crippen LogP contribution < -0.4 is 0 Å². The molecule has 0 unspecified atom stereocenters. The van der Waals surface area contributed by atoms with Crippen molar-refractivity contribution in [1.29, 1.82) is 0 Å². The highest BCUT2D eigenvalue weighted by molar-refractivity contribution is 5.93. The van der Waals surface area contributed by atoms with Crippen molar-refractivity contribution < 1.29 is 4.79 Å². The van der Waals surface area contributed by atoms with E-state index in [2.05, 4.69) is 20.1 Å². The maximum atomic E-state index is 12.9. The van der Waals surface area contributed by atoms with Crippen molar-refractivity contribution >= 4 is 11.6 Å². The first-order valence-corrected chi connectivity index (χ1v) is 8.61. The monoisotopic (exact) mass is 334 g/mol. The molecule has 0 bridgehead atoms. The molecule has 1 fully saturated rings. The number of aromatic nitrogens is 5. The molecule has 1 aliphatic heterocycles. The Kier molecular flexibility index (Phi) is 3.10. The molecule has 0 radical (unpaired) electrons. The third-order valence-corrected chi connectivity index (χ3v) is 5.34. The summed E-state index contributed by atoms with van der Waals surface area (Å²) in [7, 11) is 0. The van der Waals surface area contributed by atoms with Gasteiger partial charge in [0.15, 0.2) is 11.3 Å². The predicted octanol–water partition coefficient (Wildman–Crippen LogP) is 1.63. The van der Waals surface area contributed by atoms with E-state index in [0.29, 0.717) is 29.7 Å². The van der Waals surface area contributed by atoms with Crippen LogP contribution in [-0.4, -0.2) is 48.5 Å². The van der Waals surface area contributed by atoms with Crippen LogP contribution in [0.3, 0.4) is 0 Å². The second kappa shape index (κ2) is 5.34. The number of likely N-dealkylation sites (tertiary alicyclic amines) is 1. The van der Waals surface area contributed by atoms with Crippen LogP contribution in [0.2, 0.25) is 0 Å². The Morgan fingerprint density at radius 1 is 1.28 bits per heavy atom. The fraction of sp³-hybridized carbons (Fsp3) is 0.389. The average Bonchev–Trinajstić information content (AvgIpc) is 3.25. The molecule has 5 rings (SSSR count). The number of carbonyl (C=O) groups is 1. The van der Waals surface area contributed by atoms with Crippen LogP contribution in [0, 0.1) is 12.8 Å². The topological polar surface area (TPSA) is 76.3 Å². The molecule has 0 N–H and O–H groups in total. The zero-order valence-electron chi connectivity index (χ0n) is 14.0. The second-order valence-corrected chi connectivity index (χ2v) is 6.90. The van der Waals surface area contributed by atoms with Crippen molar-refractivity contribution in [3.63, 3.8) is 0 Å². The first-order chi connectivity index (χ1) is 12.2. The molecule has 1 saturated heterocycles. The summed E-state index contributed by atoms with van der Waals surface area (Å²) in [6.07, 6.45) is 7.54. The summed E-state index contributed by atoms with van der Waals surface area (Å²) in [4.78, 5) is 28.1. The molecule has 4 heterocycles. The van der Waals surface area contributed by atoms with Gasteiger partial charge in [-0.1, -0.05) is 0 Å². The molecule has 7 nitrogen and oxygen atoms in total. The maximum absolute atomic E-state index is 12.9. The Labute approximate surface area is 144 Å². The van der Waals surface area contributed by atoms with Crippen molar-refractivity contribution in [2.45, 2.75) is 25.7 Å². The summed E-state index contributed by atoms with van der Waals surface area (Å²) < 4.78 is 1.64. The van der Waals surface area contributed by atoms with E-state index in [9.17, 15) is 4.79 Å². The van der Waals surface area contributed by atoms with Gasteiger partial charge in [0, 0.05) is 43.7 Å². The summed E-state index contributed by atoms with van der Waals surface area (Å²) in [5.74, 6) is 1.56. The van der Waals surface area contributed by atoms with Crippen molar-refractivity contribution in [1.82, 2.24) is 29.5 Å². The van der Waals surface area contributed by atoms with E-state index in [4.69, 9.17) is 0 Å². The van der Waals surface area contributed by atoms with Gasteiger partial charge < -0.3 is 4.90 Å². The summed E-state index contributed by atoms with van der Waals surface area (Å²) in [6.45, 7) is 3.40. The number of rotatable bonds is 1. The van der Waals surface area contributed by atoms with E-state index in [0.717, 1.165) is 30.9 Å². The largest absolute Gasteiger partial charge is 0.336 e. The van der Waals surface area contributed by atoms with Gasteiger partial charge in [-0.05, 0) is 37.3 Å². The first kappa shape index (κ1) is 14.5. The van der Waals surface area contributed by atoms with E-state index in [1.807, 2.05) is 18.0 Å². The first-order valence-electron chi connectivity index (χ1n) is 8.61. The highest BCUT2D eigenvalue weighted by Crippen LogP contribution is 2.40. The van der Waals surface area contributed by atoms with E-state index < -0.39 is 0 Å². The summed E-state index contributed by atoms with van der Waals surface area (Å²) in [5, 5.41) is 4.37. The molecule has 0 saturated carbocycles. The van der Waals surface area contributed by atoms with Crippen molar-refractivity contribution in [2.24, 2.45) is 5.92 Å². The Morgan fingerprint density at radius 2 is 2.20 bits per heavy atom. The molecule has 7 heteroatoms. The number of nitrogens with zero attached hydrogens (tertiary/aromatic N) is 6. The highest BCUT2D eigenvalue weighted by atomic mass is 16.2. The van der Waals surface area contributed by atoms with Crippen molar-refractivity contribution in [2.75, 3.05) is 13.1 Å². The molecule has 3 aromatic heterocycles. The molecule has 126 valence electrons. The van der Waals surface area contributed by atoms with Gasteiger partial charge in [-0.15, -0.1) is 0 Å². The lowest BCUT2D eigenvalue weighted by Gasteiger charge is -2.25. The highest BCUT2D eigenvalue weighted by Gasteiger charge is 2.41. The van der Waals surface area contributed by atoms with E-state index in [-0.39, 0.29) is 5.91 Å². The summed E-state index contributed by atoms with van der Waals surface area (Å²) >= 11 is 0. The molecule has 1 aliphatic carbocycles. The number of aryl methyl sites for hydroxylation is 2. The lowest BCUT2D eigenvalue weighted by molar-refractivity contribution is 0.0779. The predicted molar refractivity (Wildman–Crippen MR) is 90.2 cm³/mol. The molecular weight excluding hydrogens is 316 g/mol. The fourth-order valence-corrected chi connectivity index (χ4v) is 4.10. The molecule has 2 atom stereocenters. The number of fused-ring (bicyclic) bond motifs is 4. The molecule has 0 aromatic carbocycles. The molecule has 1 amide bonds. The Bertz CT molecular complexity index is 948. The van der Waals surface area contributed by atoms with E-state index in [1.54, 1.807) is 29.0 Å². The lowest BCUT2D eigenvalue weighted by atomic mass is 9.80. The van der Waals surface area contributed by atoms with E-state index >= 15 is 0 Å². The minimum Gasteiger partial charge on any atom is -0.336 e. The smallest absolute Gasteiger partial charge is 0.274 e. The van der Waals surface area contributed by atoms with Gasteiger partial charge in [0.05, 0.1) is 5.69 Å². The van der Waals surface area contributed by atoms with Crippen LogP contribution in [0.15, 0.2) is 30.7 Å². The van der Waals surface area contributed by atoms with Crippen LogP contribution in [0.4, 0.5) is 0 Å². The van der Waals surface area contributed by atoms with Crippen molar-refractivity contribution in [3.05, 3.63) is 53.5 Å². The quantitative estimate of drug-likeness (QED) is 0.676. The van der Waals surface area contributed by atoms with Crippen LogP contribution in [0.1, 0.15) is 39.9 Å². The summed E-state index contributed by atoms with van der Waals surface area (Å²) in [5.41, 5.74) is 3.52. The average molecular weight is 334 g/mol. The van der Waals surface area contributed by atoms with Gasteiger partial charge >= 0.3 is 0 Å². The SMILES string of the molecule is Cc1ncc2c(n1)[C@H]1CN(C(=O)c3cc4ncccn4n3)C[C@H]1CC2. The van der Waals surface area contributed by atoms with Crippen LogP contribution in [0.25, 0.3) is 5.65 Å². The summed E-state index contributed by atoms with van der Waals surface area (Å²) in [6, 6.07) is 3.56. The van der Waals surface area contributed by atoms with Gasteiger partial charge in [-0.3, -0.25) is 4.79 Å². The second-order valence-electron chi connectivity index (χ2n) is 6.90. The van der Waals surface area contributed by atoms with Gasteiger partial charge in [0.25, 0.3) is 5.91 Å². The maximum Gasteiger partial charge on any atom is 0.274 e. The minimum absolute atomic E-state index is 0.0211. The molecular formula is C18H18N6O. The van der Waals surface area contributed by atoms with E-state index in [1.165, 1.54) is 5.56 Å². The molecule has 3 aromatic rings. The zero-order chi connectivity index (χ0) is 17.0. The van der Waals surface area contributed by atoms with Gasteiger partial charge in [-0.25, -0.2) is 19.5 Å². The number of hydrogen-bond donors (Lipinski definition) is 0. The van der Waals surface area contributed by atoms with Gasteiger partial charge in [0.2, 0.25) is 0 Å². The van der Waals surface area contributed by atoms with Crippen LogP contribution in [0.5, 0.6) is 0 Å². The molecule has 25 heavy (non-hydrogen) atoms. The Balaban J connectivity index is 1.44. The third-order valence-electron chi connectivity index (χ3n) is 5.34. The Hall–Kier alpha value is -2.83. The van der Waals surface area contributed by atoms with Crippen LogP contribution >= 0.6 is 0 Å². The number of amides is 1. The number of hydrogen-bond acceptors (Lipinski definition) is 5. The van der Waals surface area contributed by atoms with Crippen LogP contribution in [-0.2, 0) is 6.42 Å². The normalized spacial score (nSPS) is 22.0. The van der Waals surface area contributed by atoms with Gasteiger partial charge in [-0.2, -0.15) is 5.10 Å². The zero-order valence-corrected chi connectivity index (χ0v) is 14.0. The minimum atomic E-state index is -0.0211. The fourth-order valence-electron chi connectivity index (χ4n) is 4.10. The lowest BCUT2D eigenvalue weighted by Crippen LogP contribution is -2.29. The number of carbonyl (C=O) groups excluding carboxylic acids is 1. The standard InChI is InChI=1S/C18H18N6O/c1-11-20-8-12-3-4-13-9-23(10-14(13)17(12)21-11)18(25)15-7-16-19-5-2-6-24(16)22-15/h2,5-8,13-14H,3-4,9-10H2,1H3/t13-,14+/m1/s1.